The van der Waals surface area contributed by atoms with E-state index in [1.165, 1.54) is 5.56 Å². The third-order valence-electron chi connectivity index (χ3n) is 3.56. The fraction of sp³-hybridized carbons (Fsp3) is 0. The molecule has 24 heavy (non-hydrogen) atoms. The molecular weight excluding hydrogens is 406 g/mol. The van der Waals surface area contributed by atoms with Crippen LogP contribution in [0, 0.1) is 0 Å². The van der Waals surface area contributed by atoms with Crippen molar-refractivity contribution in [3.8, 4) is 11.1 Å². The lowest BCUT2D eigenvalue weighted by atomic mass is 10.1. The molecule has 0 saturated heterocycles. The fourth-order valence-corrected chi connectivity index (χ4v) is 3.65. The maximum atomic E-state index is 4.46. The maximum absolute atomic E-state index is 4.46. The average Bonchev–Trinajstić information content (AvgIpc) is 3.03. The Balaban J connectivity index is 0.00000169. The summed E-state index contributed by atoms with van der Waals surface area (Å²) < 4.78 is 1.05. The number of nitrogens with zero attached hydrogens (tertiary/aromatic N) is 2. The zero-order valence-corrected chi connectivity index (χ0v) is 15.7. The van der Waals surface area contributed by atoms with Gasteiger partial charge in [0.2, 0.25) is 0 Å². The van der Waals surface area contributed by atoms with Crippen molar-refractivity contribution in [3.63, 3.8) is 0 Å². The van der Waals surface area contributed by atoms with Crippen LogP contribution in [0.5, 0.6) is 0 Å². The van der Waals surface area contributed by atoms with Crippen molar-refractivity contribution in [3.05, 3.63) is 70.8 Å². The molecule has 2 aromatic carbocycles. The molecule has 2 heterocycles. The van der Waals surface area contributed by atoms with Gasteiger partial charge in [0.25, 0.3) is 0 Å². The molecule has 0 radical (unpaired) electrons. The minimum Gasteiger partial charge on any atom is -0.340 e. The number of nitrogens with one attached hydrogen (secondary N) is 1. The van der Waals surface area contributed by atoms with Crippen LogP contribution in [0.3, 0.4) is 0 Å². The van der Waals surface area contributed by atoms with Gasteiger partial charge >= 0.3 is 0 Å². The molecule has 4 aromatic rings. The topological polar surface area (TPSA) is 37.8 Å². The Kier molecular flexibility index (Phi) is 5.14. The van der Waals surface area contributed by atoms with Crippen molar-refractivity contribution in [1.82, 2.24) is 9.97 Å². The van der Waals surface area contributed by atoms with Crippen molar-refractivity contribution in [2.75, 3.05) is 5.32 Å². The highest BCUT2D eigenvalue weighted by Gasteiger charge is 2.13. The largest absolute Gasteiger partial charge is 0.340 e. The second kappa shape index (κ2) is 7.30. The number of anilines is 2. The first-order chi connectivity index (χ1) is 11.3. The van der Waals surface area contributed by atoms with Gasteiger partial charge in [0, 0.05) is 21.1 Å². The minimum absolute atomic E-state index is 0. The van der Waals surface area contributed by atoms with Crippen molar-refractivity contribution >= 4 is 61.4 Å². The van der Waals surface area contributed by atoms with Gasteiger partial charge in [-0.1, -0.05) is 46.3 Å². The van der Waals surface area contributed by atoms with E-state index in [1.54, 1.807) is 17.7 Å². The van der Waals surface area contributed by atoms with Gasteiger partial charge in [0.1, 0.15) is 17.0 Å². The zero-order valence-electron chi connectivity index (χ0n) is 12.4. The van der Waals surface area contributed by atoms with Crippen molar-refractivity contribution in [2.24, 2.45) is 0 Å². The second-order valence-electron chi connectivity index (χ2n) is 5.05. The van der Waals surface area contributed by atoms with E-state index < -0.39 is 0 Å². The molecule has 0 aliphatic carbocycles. The number of thiophene rings is 1. The number of fused-ring (bicyclic) bond motifs is 1. The van der Waals surface area contributed by atoms with Crippen LogP contribution in [0.25, 0.3) is 21.3 Å². The molecule has 2 aromatic heterocycles. The molecule has 0 spiro atoms. The Morgan fingerprint density at radius 1 is 0.917 bits per heavy atom. The van der Waals surface area contributed by atoms with Crippen molar-refractivity contribution in [2.45, 2.75) is 0 Å². The molecule has 3 nitrogen and oxygen atoms in total. The molecule has 0 saturated carbocycles. The van der Waals surface area contributed by atoms with Crippen molar-refractivity contribution < 1.29 is 0 Å². The SMILES string of the molecule is Brc1ccc(Nc2ncnc3scc(-c4ccccc4)c23)cc1.Cl. The first-order valence-corrected chi connectivity index (χ1v) is 8.79. The Morgan fingerprint density at radius 3 is 2.42 bits per heavy atom. The summed E-state index contributed by atoms with van der Waals surface area (Å²) in [6.45, 7) is 0. The predicted molar refractivity (Wildman–Crippen MR) is 108 cm³/mol. The molecule has 0 unspecified atom stereocenters. The Morgan fingerprint density at radius 2 is 1.67 bits per heavy atom. The summed E-state index contributed by atoms with van der Waals surface area (Å²) in [6, 6.07) is 18.4. The molecule has 6 heteroatoms. The van der Waals surface area contributed by atoms with Gasteiger partial charge in [-0.25, -0.2) is 9.97 Å². The monoisotopic (exact) mass is 417 g/mol. The van der Waals surface area contributed by atoms with Crippen LogP contribution in [0.1, 0.15) is 0 Å². The molecule has 120 valence electrons. The van der Waals surface area contributed by atoms with Crippen LogP contribution < -0.4 is 5.32 Å². The Hall–Kier alpha value is -1.95. The molecule has 0 aliphatic rings. The number of hydrogen-bond donors (Lipinski definition) is 1. The van der Waals surface area contributed by atoms with E-state index in [-0.39, 0.29) is 12.4 Å². The van der Waals surface area contributed by atoms with E-state index in [1.807, 2.05) is 42.5 Å². The first-order valence-electron chi connectivity index (χ1n) is 7.11. The summed E-state index contributed by atoms with van der Waals surface area (Å²) in [5.74, 6) is 0.831. The second-order valence-corrected chi connectivity index (χ2v) is 6.82. The van der Waals surface area contributed by atoms with Gasteiger partial charge in [-0.15, -0.1) is 23.7 Å². The van der Waals surface area contributed by atoms with Crippen LogP contribution in [0.4, 0.5) is 11.5 Å². The van der Waals surface area contributed by atoms with E-state index in [0.717, 1.165) is 31.8 Å². The van der Waals surface area contributed by atoms with Crippen LogP contribution in [0.15, 0.2) is 70.8 Å². The average molecular weight is 419 g/mol. The van der Waals surface area contributed by atoms with E-state index >= 15 is 0 Å². The van der Waals surface area contributed by atoms with Crippen LogP contribution in [-0.4, -0.2) is 9.97 Å². The standard InChI is InChI=1S/C18H12BrN3S.ClH/c19-13-6-8-14(9-7-13)22-17-16-15(12-4-2-1-3-5-12)10-23-18(16)21-11-20-17;/h1-11H,(H,20,21,22);1H. The highest BCUT2D eigenvalue weighted by atomic mass is 79.9. The van der Waals surface area contributed by atoms with Gasteiger partial charge in [0.05, 0.1) is 5.39 Å². The van der Waals surface area contributed by atoms with E-state index in [2.05, 4.69) is 48.7 Å². The lowest BCUT2D eigenvalue weighted by molar-refractivity contribution is 1.23. The van der Waals surface area contributed by atoms with Gasteiger partial charge < -0.3 is 5.32 Å². The fourth-order valence-electron chi connectivity index (χ4n) is 2.47. The number of hydrogen-bond acceptors (Lipinski definition) is 4. The predicted octanol–water partition coefficient (Wildman–Crippen LogP) is 6.29. The summed E-state index contributed by atoms with van der Waals surface area (Å²) in [7, 11) is 0. The third-order valence-corrected chi connectivity index (χ3v) is 4.98. The Labute approximate surface area is 158 Å². The molecule has 0 aliphatic heterocycles. The summed E-state index contributed by atoms with van der Waals surface area (Å²) in [5, 5.41) is 6.61. The molecule has 0 atom stereocenters. The lowest BCUT2D eigenvalue weighted by Gasteiger charge is -2.08. The summed E-state index contributed by atoms with van der Waals surface area (Å²) in [5.41, 5.74) is 3.33. The summed E-state index contributed by atoms with van der Waals surface area (Å²) >= 11 is 5.09. The Bertz CT molecular complexity index is 955. The molecular formula is C18H13BrClN3S. The quantitative estimate of drug-likeness (QED) is 0.425. The van der Waals surface area contributed by atoms with Crippen molar-refractivity contribution in [1.29, 1.82) is 0 Å². The number of rotatable bonds is 3. The number of halogens is 2. The van der Waals surface area contributed by atoms with Crippen LogP contribution in [0.2, 0.25) is 0 Å². The van der Waals surface area contributed by atoms with E-state index in [4.69, 9.17) is 0 Å². The first kappa shape index (κ1) is 16.9. The van der Waals surface area contributed by atoms with Crippen LogP contribution in [-0.2, 0) is 0 Å². The summed E-state index contributed by atoms with van der Waals surface area (Å²) in [4.78, 5) is 9.84. The van der Waals surface area contributed by atoms with Crippen LogP contribution >= 0.6 is 39.7 Å². The van der Waals surface area contributed by atoms with Gasteiger partial charge in [-0.05, 0) is 29.8 Å². The normalized spacial score (nSPS) is 10.4. The molecule has 0 amide bonds. The molecule has 4 rings (SSSR count). The molecule has 1 N–H and O–H groups in total. The molecule has 0 bridgehead atoms. The van der Waals surface area contributed by atoms with Gasteiger partial charge in [0.15, 0.2) is 0 Å². The number of benzene rings is 2. The minimum atomic E-state index is 0. The number of aromatic nitrogens is 2. The highest BCUT2D eigenvalue weighted by molar-refractivity contribution is 9.10. The van der Waals surface area contributed by atoms with Gasteiger partial charge in [-0.3, -0.25) is 0 Å². The molecule has 0 fully saturated rings. The van der Waals surface area contributed by atoms with E-state index in [9.17, 15) is 0 Å². The van der Waals surface area contributed by atoms with E-state index in [0.29, 0.717) is 0 Å². The maximum Gasteiger partial charge on any atom is 0.143 e. The summed E-state index contributed by atoms with van der Waals surface area (Å²) in [6.07, 6.45) is 1.61. The third kappa shape index (κ3) is 3.29. The smallest absolute Gasteiger partial charge is 0.143 e. The van der Waals surface area contributed by atoms with Gasteiger partial charge in [-0.2, -0.15) is 0 Å². The zero-order chi connectivity index (χ0) is 15.6. The lowest BCUT2D eigenvalue weighted by Crippen LogP contribution is -1.95. The highest BCUT2D eigenvalue weighted by Crippen LogP contribution is 2.37.